The minimum absolute atomic E-state index is 0.213. The molecule has 2 bridgehead atoms. The molecule has 4 nitrogen and oxygen atoms in total. The zero-order valence-electron chi connectivity index (χ0n) is 30.1. The van der Waals surface area contributed by atoms with E-state index in [4.69, 9.17) is 0 Å². The molecule has 4 aliphatic rings. The molecule has 3 aromatic carbocycles. The van der Waals surface area contributed by atoms with Crippen molar-refractivity contribution in [1.29, 1.82) is 0 Å². The summed E-state index contributed by atoms with van der Waals surface area (Å²) in [7, 11) is 0. The maximum absolute atomic E-state index is 13.3. The van der Waals surface area contributed by atoms with Crippen molar-refractivity contribution in [2.75, 3.05) is 6.61 Å². The van der Waals surface area contributed by atoms with Crippen molar-refractivity contribution in [1.82, 2.24) is 0 Å². The molecule has 7 rings (SSSR count). The minimum Gasteiger partial charge on any atom is -0.508 e. The summed E-state index contributed by atoms with van der Waals surface area (Å²) in [5.41, 5.74) is 4.51. The zero-order chi connectivity index (χ0) is 35.2. The molecule has 0 heterocycles. The van der Waals surface area contributed by atoms with E-state index < -0.39 is 17.3 Å². The largest absolute Gasteiger partial charge is 0.508 e. The average molecular weight is 685 g/mol. The summed E-state index contributed by atoms with van der Waals surface area (Å²) in [5.74, 6) is 1.24. The van der Waals surface area contributed by atoms with Crippen molar-refractivity contribution in [3.8, 4) is 5.75 Å². The van der Waals surface area contributed by atoms with Gasteiger partial charge in [-0.2, -0.15) is 0 Å². The third-order valence-corrected chi connectivity index (χ3v) is 13.1. The van der Waals surface area contributed by atoms with Crippen LogP contribution in [0.15, 0.2) is 96.6 Å². The Hall–Kier alpha value is -3.89. The van der Waals surface area contributed by atoms with Gasteiger partial charge in [-0.1, -0.05) is 117 Å². The molecule has 0 amide bonds. The second kappa shape index (κ2) is 16.2. The molecule has 1 spiro atoms. The normalized spacial score (nSPS) is 28.7. The number of rotatable bonds is 10. The summed E-state index contributed by atoms with van der Waals surface area (Å²) in [6.45, 7) is 0.213. The number of aromatic hydroxyl groups is 1. The lowest BCUT2D eigenvalue weighted by molar-refractivity contribution is -0.145. The minimum atomic E-state index is -0.681. The van der Waals surface area contributed by atoms with Gasteiger partial charge < -0.3 is 15.3 Å². The maximum Gasteiger partial charge on any atom is 0.307 e. The van der Waals surface area contributed by atoms with Gasteiger partial charge in [0, 0.05) is 5.41 Å². The number of fused-ring (bicyclic) bond motifs is 5. The fourth-order valence-electron chi connectivity index (χ4n) is 10.2. The van der Waals surface area contributed by atoms with Crippen LogP contribution in [-0.4, -0.2) is 27.9 Å². The fourth-order valence-corrected chi connectivity index (χ4v) is 10.2. The molecule has 51 heavy (non-hydrogen) atoms. The molecule has 1 fully saturated rings. The summed E-state index contributed by atoms with van der Waals surface area (Å²) in [6.07, 6.45) is 26.2. The number of unbranched alkanes of at least 4 members (excludes halogenated alkanes) is 3. The van der Waals surface area contributed by atoms with Crippen molar-refractivity contribution in [3.05, 3.63) is 124 Å². The van der Waals surface area contributed by atoms with Crippen LogP contribution in [0.4, 0.5) is 0 Å². The lowest BCUT2D eigenvalue weighted by atomic mass is 9.55. The van der Waals surface area contributed by atoms with Gasteiger partial charge in [0.05, 0.1) is 12.5 Å². The number of aliphatic hydroxyl groups excluding tert-OH is 1. The van der Waals surface area contributed by atoms with Crippen LogP contribution in [0.2, 0.25) is 0 Å². The van der Waals surface area contributed by atoms with Gasteiger partial charge in [-0.25, -0.2) is 0 Å². The van der Waals surface area contributed by atoms with E-state index in [1.807, 2.05) is 12.1 Å². The number of aliphatic carboxylic acids is 1. The highest BCUT2D eigenvalue weighted by Gasteiger charge is 2.49. The SMILES string of the molecule is O=C(O)C1CC=CCC(CCCCCCC2C=C(CO)CC2)C(c2ccc(O)cc2)Cc2cccc(c2)C12CCC1C=c3ccccc3=CC1C2. The quantitative estimate of drug-likeness (QED) is 0.147. The molecule has 1 saturated carbocycles. The third kappa shape index (κ3) is 8.12. The summed E-state index contributed by atoms with van der Waals surface area (Å²) < 4.78 is 0. The molecule has 4 heteroatoms. The molecule has 7 atom stereocenters. The van der Waals surface area contributed by atoms with E-state index >= 15 is 0 Å². The van der Waals surface area contributed by atoms with Crippen LogP contribution in [0.25, 0.3) is 12.2 Å². The van der Waals surface area contributed by atoms with E-state index in [1.54, 1.807) is 0 Å². The predicted molar refractivity (Wildman–Crippen MR) is 207 cm³/mol. The molecule has 268 valence electrons. The lowest BCUT2D eigenvalue weighted by Crippen LogP contribution is -2.47. The number of phenolic OH excluding ortho intramolecular Hbond substituents is 1. The van der Waals surface area contributed by atoms with E-state index in [2.05, 4.69) is 91.0 Å². The van der Waals surface area contributed by atoms with Crippen molar-refractivity contribution in [3.63, 3.8) is 0 Å². The van der Waals surface area contributed by atoms with E-state index in [-0.39, 0.29) is 6.61 Å². The number of phenols is 1. The number of benzene rings is 3. The number of carboxylic acid groups (broad SMARTS) is 1. The van der Waals surface area contributed by atoms with Gasteiger partial charge in [0.25, 0.3) is 0 Å². The Morgan fingerprint density at radius 3 is 2.27 bits per heavy atom. The Morgan fingerprint density at radius 1 is 0.784 bits per heavy atom. The molecular formula is C47H56O4. The summed E-state index contributed by atoms with van der Waals surface area (Å²) in [5, 5.41) is 33.1. The van der Waals surface area contributed by atoms with E-state index in [0.29, 0.717) is 41.8 Å². The molecule has 3 aromatic rings. The van der Waals surface area contributed by atoms with Gasteiger partial charge in [-0.05, 0) is 139 Å². The van der Waals surface area contributed by atoms with Crippen molar-refractivity contribution >= 4 is 18.1 Å². The van der Waals surface area contributed by atoms with Gasteiger partial charge in [0.2, 0.25) is 0 Å². The first-order valence-corrected chi connectivity index (χ1v) is 19.8. The second-order valence-corrected chi connectivity index (χ2v) is 16.2. The van der Waals surface area contributed by atoms with Crippen LogP contribution in [0.5, 0.6) is 5.75 Å². The topological polar surface area (TPSA) is 77.8 Å². The highest BCUT2D eigenvalue weighted by Crippen LogP contribution is 2.52. The number of hydrogen-bond donors (Lipinski definition) is 3. The number of carboxylic acids is 1. The van der Waals surface area contributed by atoms with Gasteiger partial charge in [-0.15, -0.1) is 0 Å². The Balaban J connectivity index is 1.14. The van der Waals surface area contributed by atoms with Crippen LogP contribution in [0, 0.1) is 29.6 Å². The first-order chi connectivity index (χ1) is 24.9. The second-order valence-electron chi connectivity index (χ2n) is 16.2. The number of allylic oxidation sites excluding steroid dienone is 3. The van der Waals surface area contributed by atoms with Crippen LogP contribution in [0.3, 0.4) is 0 Å². The van der Waals surface area contributed by atoms with Gasteiger partial charge in [-0.3, -0.25) is 4.79 Å². The number of carbonyl (C=O) groups is 1. The molecule has 0 saturated heterocycles. The van der Waals surface area contributed by atoms with E-state index in [1.165, 1.54) is 71.2 Å². The Morgan fingerprint density at radius 2 is 1.53 bits per heavy atom. The Kier molecular flexibility index (Phi) is 11.3. The summed E-state index contributed by atoms with van der Waals surface area (Å²) >= 11 is 0. The fraction of sp³-hybridized carbons (Fsp3) is 0.468. The van der Waals surface area contributed by atoms with Crippen LogP contribution >= 0.6 is 0 Å². The highest BCUT2D eigenvalue weighted by atomic mass is 16.4. The van der Waals surface area contributed by atoms with Crippen LogP contribution < -0.4 is 10.4 Å². The van der Waals surface area contributed by atoms with Crippen LogP contribution in [-0.2, 0) is 16.6 Å². The molecule has 7 unspecified atom stereocenters. The third-order valence-electron chi connectivity index (χ3n) is 13.1. The van der Waals surface area contributed by atoms with Gasteiger partial charge in [0.1, 0.15) is 5.75 Å². The molecular weight excluding hydrogens is 629 g/mol. The summed E-state index contributed by atoms with van der Waals surface area (Å²) in [4.78, 5) is 13.3. The monoisotopic (exact) mass is 684 g/mol. The van der Waals surface area contributed by atoms with Gasteiger partial charge >= 0.3 is 5.97 Å². The maximum atomic E-state index is 13.3. The standard InChI is InChI=1S/C47H56O4/c48-32-35-19-18-33(26-35)10-3-1-2-4-12-36-13-7-8-17-45(46(50)51)47(25-24-40-29-38-14-5-6-15-39(38)30-41(40)31-47)42-16-9-11-34(27-42)28-44(36)37-20-22-43(49)23-21-37/h5-9,11,14-16,20-23,26-27,29-30,33,36,40-41,44-45,48-49H,1-4,10,12-13,17-19,24-25,28,31-32H2,(H,50,51). The molecule has 0 aliphatic heterocycles. The lowest BCUT2D eigenvalue weighted by Gasteiger charge is -2.48. The number of aliphatic hydroxyl groups is 1. The van der Waals surface area contributed by atoms with Gasteiger partial charge in [0.15, 0.2) is 0 Å². The Bertz CT molecular complexity index is 1840. The Labute approximate surface area is 304 Å². The summed E-state index contributed by atoms with van der Waals surface area (Å²) in [6, 6.07) is 25.5. The van der Waals surface area contributed by atoms with Crippen molar-refractivity contribution in [2.45, 2.75) is 101 Å². The molecule has 0 aromatic heterocycles. The zero-order valence-corrected chi connectivity index (χ0v) is 30.1. The molecule has 3 N–H and O–H groups in total. The van der Waals surface area contributed by atoms with Crippen molar-refractivity contribution in [2.24, 2.45) is 29.6 Å². The highest BCUT2D eigenvalue weighted by molar-refractivity contribution is 5.73. The molecule has 4 aliphatic carbocycles. The van der Waals surface area contributed by atoms with Crippen LogP contribution in [0.1, 0.15) is 106 Å². The van der Waals surface area contributed by atoms with Crippen molar-refractivity contribution < 1.29 is 20.1 Å². The smallest absolute Gasteiger partial charge is 0.307 e. The molecule has 0 radical (unpaired) electrons. The first kappa shape index (κ1) is 35.5. The van der Waals surface area contributed by atoms with E-state index in [9.17, 15) is 20.1 Å². The number of hydrogen-bond acceptors (Lipinski definition) is 3. The average Bonchev–Trinajstić information content (AvgIpc) is 3.61. The first-order valence-electron chi connectivity index (χ1n) is 19.8. The van der Waals surface area contributed by atoms with E-state index in [0.717, 1.165) is 44.9 Å². The predicted octanol–water partition coefficient (Wildman–Crippen LogP) is 8.98.